The molecule has 57 heavy (non-hydrogen) atoms. The minimum atomic E-state index is 0.802. The van der Waals surface area contributed by atoms with Crippen LogP contribution in [0, 0.1) is 3.57 Å². The van der Waals surface area contributed by atoms with Gasteiger partial charge in [0.1, 0.15) is 23.3 Å². The lowest BCUT2D eigenvalue weighted by Gasteiger charge is -2.23. The summed E-state index contributed by atoms with van der Waals surface area (Å²) in [5.41, 5.74) is 4.88. The van der Waals surface area contributed by atoms with E-state index in [1.807, 2.05) is 121 Å². The maximum Gasteiger partial charge on any atom is 0.139 e. The fourth-order valence-electron chi connectivity index (χ4n) is 6.16. The predicted octanol–water partition coefficient (Wildman–Crippen LogP) is 14.6. The first kappa shape index (κ1) is 38.1. The number of anilines is 5. The summed E-state index contributed by atoms with van der Waals surface area (Å²) in [6.07, 6.45) is 0. The maximum atomic E-state index is 4.91. The van der Waals surface area contributed by atoms with Gasteiger partial charge in [-0.3, -0.25) is 4.90 Å². The van der Waals surface area contributed by atoms with Crippen molar-refractivity contribution in [2.45, 2.75) is 0 Å². The van der Waals surface area contributed by atoms with E-state index in [4.69, 9.17) is 9.97 Å². The fourth-order valence-corrected chi connectivity index (χ4v) is 7.05. The van der Waals surface area contributed by atoms with Crippen LogP contribution in [-0.4, -0.2) is 19.9 Å². The molecule has 6 nitrogen and oxygen atoms in total. The Morgan fingerprint density at radius 3 is 1.12 bits per heavy atom. The van der Waals surface area contributed by atoms with Crippen LogP contribution in [0.1, 0.15) is 0 Å². The number of nitrogens with zero attached hydrogens (tertiary/aromatic N) is 5. The molecule has 0 aliphatic heterocycles. The molecule has 0 aliphatic carbocycles. The van der Waals surface area contributed by atoms with Crippen LogP contribution in [0.4, 0.5) is 29.0 Å². The molecule has 9 heteroatoms. The molecule has 0 amide bonds. The minimum Gasteiger partial charge on any atom is -0.325 e. The molecule has 0 spiro atoms. The molecule has 0 aliphatic rings. The fraction of sp³-hybridized carbons (Fsp3) is 0. The Bertz CT molecular complexity index is 2770. The zero-order valence-corrected chi connectivity index (χ0v) is 35.7. The lowest BCUT2D eigenvalue weighted by Crippen LogP contribution is -2.13. The van der Waals surface area contributed by atoms with E-state index >= 15 is 0 Å². The number of para-hydroxylation sites is 4. The summed E-state index contributed by atoms with van der Waals surface area (Å²) < 4.78 is 3.44. The SMILES string of the molecule is Brc1ccc(I)cc1.Brc1ccc(N(c2ccc3ccccc3n2)c2ccc3ccccc3n2)cc1.c1ccc2nc(Nc3ccc4ccccc4n3)ccc2c1. The molecule has 0 saturated carbocycles. The van der Waals surface area contributed by atoms with Crippen LogP contribution in [0.5, 0.6) is 0 Å². The molecule has 1 N–H and O–H groups in total. The molecule has 10 aromatic rings. The Labute approximate surface area is 361 Å². The monoisotopic (exact) mass is 978 g/mol. The molecule has 0 bridgehead atoms. The van der Waals surface area contributed by atoms with Gasteiger partial charge in [0.2, 0.25) is 0 Å². The average Bonchev–Trinajstić information content (AvgIpc) is 3.26. The first-order chi connectivity index (χ1) is 27.9. The lowest BCUT2D eigenvalue weighted by molar-refractivity contribution is 1.16. The Morgan fingerprint density at radius 1 is 0.368 bits per heavy atom. The second-order valence-corrected chi connectivity index (χ2v) is 16.0. The van der Waals surface area contributed by atoms with Gasteiger partial charge >= 0.3 is 0 Å². The van der Waals surface area contributed by atoms with Gasteiger partial charge in [0.25, 0.3) is 0 Å². The Kier molecular flexibility index (Phi) is 12.1. The third kappa shape index (κ3) is 9.62. The Hall–Kier alpha value is -5.75. The van der Waals surface area contributed by atoms with Crippen LogP contribution in [0.15, 0.2) is 203 Å². The highest BCUT2D eigenvalue weighted by Crippen LogP contribution is 2.34. The van der Waals surface area contributed by atoms with Crippen LogP contribution in [0.2, 0.25) is 0 Å². The highest BCUT2D eigenvalue weighted by atomic mass is 127. The maximum absolute atomic E-state index is 4.91. The summed E-state index contributed by atoms with van der Waals surface area (Å²) in [7, 11) is 0. The van der Waals surface area contributed by atoms with Crippen molar-refractivity contribution in [1.29, 1.82) is 0 Å². The smallest absolute Gasteiger partial charge is 0.139 e. The summed E-state index contributed by atoms with van der Waals surface area (Å²) in [5.74, 6) is 3.28. The second kappa shape index (κ2) is 18.0. The second-order valence-electron chi connectivity index (χ2n) is 12.9. The molecular weight excluding hydrogens is 947 g/mol. The summed E-state index contributed by atoms with van der Waals surface area (Å²) in [4.78, 5) is 21.1. The van der Waals surface area contributed by atoms with E-state index in [0.29, 0.717) is 0 Å². The Morgan fingerprint density at radius 2 is 0.719 bits per heavy atom. The van der Waals surface area contributed by atoms with Crippen molar-refractivity contribution in [3.05, 3.63) is 207 Å². The highest BCUT2D eigenvalue weighted by Gasteiger charge is 2.16. The van der Waals surface area contributed by atoms with Gasteiger partial charge in [-0.2, -0.15) is 0 Å². The molecule has 0 radical (unpaired) electrons. The van der Waals surface area contributed by atoms with Crippen molar-refractivity contribution >= 4 is 127 Å². The summed E-state index contributed by atoms with van der Waals surface area (Å²) >= 11 is 9.14. The van der Waals surface area contributed by atoms with Crippen molar-refractivity contribution < 1.29 is 0 Å². The highest BCUT2D eigenvalue weighted by molar-refractivity contribution is 14.1. The molecule has 0 unspecified atom stereocenters. The number of nitrogens with one attached hydrogen (secondary N) is 1. The number of halogens is 3. The molecule has 0 saturated heterocycles. The van der Waals surface area contributed by atoms with Gasteiger partial charge in [-0.15, -0.1) is 0 Å². The van der Waals surface area contributed by atoms with Gasteiger partial charge < -0.3 is 5.32 Å². The van der Waals surface area contributed by atoms with Crippen LogP contribution in [0.3, 0.4) is 0 Å². The van der Waals surface area contributed by atoms with E-state index in [0.717, 1.165) is 81.5 Å². The van der Waals surface area contributed by atoms with Gasteiger partial charge in [0.15, 0.2) is 0 Å². The van der Waals surface area contributed by atoms with Crippen molar-refractivity contribution in [3.8, 4) is 0 Å². The van der Waals surface area contributed by atoms with Gasteiger partial charge in [0, 0.05) is 39.7 Å². The van der Waals surface area contributed by atoms with Crippen LogP contribution >= 0.6 is 54.5 Å². The number of aromatic nitrogens is 4. The van der Waals surface area contributed by atoms with Gasteiger partial charge in [-0.25, -0.2) is 19.9 Å². The quantitative estimate of drug-likeness (QED) is 0.173. The summed E-state index contributed by atoms with van der Waals surface area (Å²) in [6, 6.07) is 65.2. The van der Waals surface area contributed by atoms with Gasteiger partial charge in [-0.05, 0) is 144 Å². The van der Waals surface area contributed by atoms with Gasteiger partial charge in [0.05, 0.1) is 22.1 Å². The molecular formula is C48H33Br2IN6. The lowest BCUT2D eigenvalue weighted by atomic mass is 10.2. The number of rotatable bonds is 5. The van der Waals surface area contributed by atoms with E-state index in [1.54, 1.807) is 0 Å². The number of hydrogen-bond acceptors (Lipinski definition) is 6. The molecule has 6 aromatic carbocycles. The number of hydrogen-bond donors (Lipinski definition) is 1. The third-order valence-electron chi connectivity index (χ3n) is 8.97. The van der Waals surface area contributed by atoms with E-state index < -0.39 is 0 Å². The zero-order chi connectivity index (χ0) is 39.0. The summed E-state index contributed by atoms with van der Waals surface area (Å²) in [6.45, 7) is 0. The normalized spacial score (nSPS) is 10.7. The summed E-state index contributed by atoms with van der Waals surface area (Å²) in [5, 5.41) is 7.77. The first-order valence-corrected chi connectivity index (χ1v) is 20.8. The molecule has 0 atom stereocenters. The van der Waals surface area contributed by atoms with Crippen molar-refractivity contribution in [3.63, 3.8) is 0 Å². The first-order valence-electron chi connectivity index (χ1n) is 18.1. The average molecular weight is 981 g/mol. The van der Waals surface area contributed by atoms with E-state index in [9.17, 15) is 0 Å². The topological polar surface area (TPSA) is 66.8 Å². The standard InChI is InChI=1S/C24H16BrN3.C18H13N3.C6H4BrI/c25-19-11-13-20(14-12-19)28(23-15-9-17-5-1-3-7-21(17)26-23)24-16-10-18-6-2-4-8-22(18)27-24;1-3-7-15-13(5-1)9-11-17(19-15)21-18-12-10-14-6-2-4-8-16(14)20-18;7-5-1-3-6(8)4-2-5/h1-16H;1-12H,(H,19,20,21);1-4H. The van der Waals surface area contributed by atoms with Crippen LogP contribution < -0.4 is 10.2 Å². The molecule has 4 heterocycles. The largest absolute Gasteiger partial charge is 0.325 e. The molecule has 276 valence electrons. The van der Waals surface area contributed by atoms with E-state index in [-0.39, 0.29) is 0 Å². The van der Waals surface area contributed by atoms with E-state index in [2.05, 4.69) is 147 Å². The Balaban J connectivity index is 0.000000137. The van der Waals surface area contributed by atoms with Crippen LogP contribution in [0.25, 0.3) is 43.6 Å². The van der Waals surface area contributed by atoms with E-state index in [1.165, 1.54) is 3.57 Å². The number of benzene rings is 6. The number of fused-ring (bicyclic) bond motifs is 4. The molecule has 0 fully saturated rings. The molecule has 10 rings (SSSR count). The molecule has 4 aromatic heterocycles. The van der Waals surface area contributed by atoms with Gasteiger partial charge in [-0.1, -0.05) is 105 Å². The minimum absolute atomic E-state index is 0.802. The van der Waals surface area contributed by atoms with Crippen molar-refractivity contribution in [2.75, 3.05) is 10.2 Å². The third-order valence-corrected chi connectivity index (χ3v) is 10.7. The van der Waals surface area contributed by atoms with Crippen molar-refractivity contribution in [2.24, 2.45) is 0 Å². The zero-order valence-electron chi connectivity index (χ0n) is 30.3. The van der Waals surface area contributed by atoms with Crippen molar-refractivity contribution in [1.82, 2.24) is 19.9 Å². The number of pyridine rings is 4. The predicted molar refractivity (Wildman–Crippen MR) is 253 cm³/mol. The van der Waals surface area contributed by atoms with Crippen LogP contribution in [-0.2, 0) is 0 Å².